The molecule has 1 aliphatic carbocycles. The van der Waals surface area contributed by atoms with Gasteiger partial charge in [-0.1, -0.05) is 19.9 Å². The van der Waals surface area contributed by atoms with Crippen molar-refractivity contribution in [2.45, 2.75) is 26.8 Å². The molecule has 4 heterocycles. The van der Waals surface area contributed by atoms with Gasteiger partial charge in [0.2, 0.25) is 0 Å². The van der Waals surface area contributed by atoms with Gasteiger partial charge in [0.05, 0.1) is 31.0 Å². The van der Waals surface area contributed by atoms with E-state index in [1.54, 1.807) is 29.7 Å². The molecule has 1 amide bonds. The topological polar surface area (TPSA) is 90.2 Å². The molecule has 2 fully saturated rings. The van der Waals surface area contributed by atoms with Gasteiger partial charge in [-0.05, 0) is 35.4 Å². The lowest BCUT2D eigenvalue weighted by atomic mass is 9.48. The molecule has 31 heavy (non-hydrogen) atoms. The van der Waals surface area contributed by atoms with Crippen LogP contribution in [-0.4, -0.2) is 56.5 Å². The number of fused-ring (bicyclic) bond motifs is 2. The van der Waals surface area contributed by atoms with Gasteiger partial charge in [0.1, 0.15) is 5.52 Å². The zero-order valence-corrected chi connectivity index (χ0v) is 17.9. The van der Waals surface area contributed by atoms with Crippen LogP contribution in [0.15, 0.2) is 43.1 Å². The number of methoxy groups -OCH3 is 1. The predicted molar refractivity (Wildman–Crippen MR) is 113 cm³/mol. The molecule has 0 bridgehead atoms. The van der Waals surface area contributed by atoms with E-state index >= 15 is 0 Å². The fourth-order valence-electron chi connectivity index (χ4n) is 5.58. The first kappa shape index (κ1) is 19.7. The molecule has 0 aromatic carbocycles. The summed E-state index contributed by atoms with van der Waals surface area (Å²) in [4.78, 5) is 40.7. The zero-order valence-electron chi connectivity index (χ0n) is 17.9. The fraction of sp³-hybridized carbons (Fsp3) is 0.435. The zero-order chi connectivity index (χ0) is 21.8. The highest BCUT2D eigenvalue weighted by Crippen LogP contribution is 2.63. The number of carbonyl (C=O) groups is 2. The summed E-state index contributed by atoms with van der Waals surface area (Å²) in [6.07, 6.45) is 7.61. The van der Waals surface area contributed by atoms with E-state index in [0.717, 1.165) is 12.0 Å². The van der Waals surface area contributed by atoms with E-state index < -0.39 is 5.41 Å². The maximum Gasteiger partial charge on any atom is 0.314 e. The number of ether oxygens (including phenoxy) is 1. The standard InChI is InChI=1S/C23H25N5O3/c1-22(2)12-23(21(30)31-3)13-27(11-18(22)23)20(29)16-7-17-19(25-9-16)28(14-26-17)10-15-5-4-6-24-8-15/h4-9,14,18H,10-13H2,1-3H3/t18-,23+/m1/s1. The first-order chi connectivity index (χ1) is 14.8. The normalized spacial score (nSPS) is 24.0. The van der Waals surface area contributed by atoms with E-state index in [1.807, 2.05) is 22.9 Å². The molecule has 0 N–H and O–H groups in total. The molecule has 3 aromatic heterocycles. The van der Waals surface area contributed by atoms with Crippen molar-refractivity contribution in [3.8, 4) is 0 Å². The summed E-state index contributed by atoms with van der Waals surface area (Å²) in [5.74, 6) is -0.230. The Morgan fingerprint density at radius 2 is 2.10 bits per heavy atom. The van der Waals surface area contributed by atoms with Crippen LogP contribution in [0.1, 0.15) is 36.2 Å². The SMILES string of the molecule is COC(=O)[C@@]12CN(C(=O)c3cnc4c(c3)ncn4Cc3cccnc3)C[C@@H]1C(C)(C)C2. The molecule has 2 atom stereocenters. The number of carbonyl (C=O) groups excluding carboxylic acids is 2. The molecular formula is C23H25N5O3. The van der Waals surface area contributed by atoms with Gasteiger partial charge in [0.15, 0.2) is 5.65 Å². The van der Waals surface area contributed by atoms with Crippen LogP contribution < -0.4 is 0 Å². The van der Waals surface area contributed by atoms with E-state index in [9.17, 15) is 9.59 Å². The van der Waals surface area contributed by atoms with Gasteiger partial charge in [-0.25, -0.2) is 9.97 Å². The van der Waals surface area contributed by atoms with Gasteiger partial charge in [0, 0.05) is 31.7 Å². The molecule has 1 aliphatic heterocycles. The average molecular weight is 419 g/mol. The summed E-state index contributed by atoms with van der Waals surface area (Å²) >= 11 is 0. The molecule has 2 aliphatic rings. The van der Waals surface area contributed by atoms with Crippen molar-refractivity contribution in [2.24, 2.45) is 16.7 Å². The van der Waals surface area contributed by atoms with E-state index in [1.165, 1.54) is 7.11 Å². The van der Waals surface area contributed by atoms with Crippen LogP contribution in [0.5, 0.6) is 0 Å². The predicted octanol–water partition coefficient (Wildman–Crippen LogP) is 2.54. The molecule has 0 spiro atoms. The highest BCUT2D eigenvalue weighted by molar-refractivity contribution is 5.97. The van der Waals surface area contributed by atoms with E-state index in [4.69, 9.17) is 4.74 Å². The monoisotopic (exact) mass is 419 g/mol. The molecule has 1 saturated carbocycles. The lowest BCUT2D eigenvalue weighted by molar-refractivity contribution is -0.174. The van der Waals surface area contributed by atoms with Crippen molar-refractivity contribution < 1.29 is 14.3 Å². The molecular weight excluding hydrogens is 394 g/mol. The highest BCUT2D eigenvalue weighted by atomic mass is 16.5. The number of amides is 1. The second-order valence-corrected chi connectivity index (χ2v) is 9.35. The van der Waals surface area contributed by atoms with E-state index in [-0.39, 0.29) is 23.2 Å². The third-order valence-corrected chi connectivity index (χ3v) is 6.91. The lowest BCUT2D eigenvalue weighted by Gasteiger charge is -2.54. The molecule has 160 valence electrons. The summed E-state index contributed by atoms with van der Waals surface area (Å²) in [5, 5.41) is 0. The van der Waals surface area contributed by atoms with Crippen LogP contribution in [0.25, 0.3) is 11.2 Å². The molecule has 5 rings (SSSR count). The van der Waals surface area contributed by atoms with Gasteiger partial charge in [-0.3, -0.25) is 14.6 Å². The van der Waals surface area contributed by atoms with Crippen molar-refractivity contribution in [2.75, 3.05) is 20.2 Å². The molecule has 0 radical (unpaired) electrons. The average Bonchev–Trinajstić information content (AvgIpc) is 3.33. The Morgan fingerprint density at radius 3 is 2.81 bits per heavy atom. The summed E-state index contributed by atoms with van der Waals surface area (Å²) in [5.41, 5.74) is 2.34. The van der Waals surface area contributed by atoms with Crippen LogP contribution in [0.4, 0.5) is 0 Å². The number of aromatic nitrogens is 4. The number of pyridine rings is 2. The second kappa shape index (κ2) is 6.87. The summed E-state index contributed by atoms with van der Waals surface area (Å²) in [6.45, 7) is 5.84. The number of esters is 1. The summed E-state index contributed by atoms with van der Waals surface area (Å²) in [7, 11) is 1.42. The van der Waals surface area contributed by atoms with Gasteiger partial charge < -0.3 is 14.2 Å². The number of nitrogens with zero attached hydrogens (tertiary/aromatic N) is 5. The van der Waals surface area contributed by atoms with E-state index in [2.05, 4.69) is 28.8 Å². The van der Waals surface area contributed by atoms with E-state index in [0.29, 0.717) is 36.4 Å². The minimum atomic E-state index is -0.587. The first-order valence-electron chi connectivity index (χ1n) is 10.4. The van der Waals surface area contributed by atoms with Crippen LogP contribution in [0.3, 0.4) is 0 Å². The highest BCUT2D eigenvalue weighted by Gasteiger charge is 2.68. The van der Waals surface area contributed by atoms with Crippen molar-refractivity contribution in [1.29, 1.82) is 0 Å². The third-order valence-electron chi connectivity index (χ3n) is 6.91. The first-order valence-corrected chi connectivity index (χ1v) is 10.4. The Morgan fingerprint density at radius 1 is 1.26 bits per heavy atom. The molecule has 3 aromatic rings. The van der Waals surface area contributed by atoms with Crippen molar-refractivity contribution in [3.63, 3.8) is 0 Å². The van der Waals surface area contributed by atoms with Crippen LogP contribution in [0, 0.1) is 16.7 Å². The Labute approximate surface area is 180 Å². The molecule has 8 nitrogen and oxygen atoms in total. The lowest BCUT2D eigenvalue weighted by Crippen LogP contribution is -2.57. The number of imidazole rings is 1. The molecule has 8 heteroatoms. The number of hydrogen-bond acceptors (Lipinski definition) is 6. The minimum absolute atomic E-state index is 0.0104. The number of hydrogen-bond donors (Lipinski definition) is 0. The summed E-state index contributed by atoms with van der Waals surface area (Å²) < 4.78 is 7.02. The van der Waals surface area contributed by atoms with Crippen molar-refractivity contribution in [1.82, 2.24) is 24.4 Å². The van der Waals surface area contributed by atoms with Crippen LogP contribution in [0.2, 0.25) is 0 Å². The number of rotatable bonds is 4. The number of likely N-dealkylation sites (tertiary alicyclic amines) is 1. The minimum Gasteiger partial charge on any atom is -0.469 e. The van der Waals surface area contributed by atoms with Gasteiger partial charge in [-0.2, -0.15) is 0 Å². The van der Waals surface area contributed by atoms with Crippen LogP contribution >= 0.6 is 0 Å². The van der Waals surface area contributed by atoms with Gasteiger partial charge in [-0.15, -0.1) is 0 Å². The smallest absolute Gasteiger partial charge is 0.314 e. The fourth-order valence-corrected chi connectivity index (χ4v) is 5.58. The Balaban J connectivity index is 1.39. The quantitative estimate of drug-likeness (QED) is 0.604. The van der Waals surface area contributed by atoms with Gasteiger partial charge >= 0.3 is 5.97 Å². The molecule has 1 saturated heterocycles. The maximum atomic E-state index is 13.3. The molecule has 0 unspecified atom stereocenters. The largest absolute Gasteiger partial charge is 0.469 e. The van der Waals surface area contributed by atoms with Crippen molar-refractivity contribution >= 4 is 23.0 Å². The maximum absolute atomic E-state index is 13.3. The Bertz CT molecular complexity index is 1170. The van der Waals surface area contributed by atoms with Crippen LogP contribution in [-0.2, 0) is 16.1 Å². The third kappa shape index (κ3) is 3.00. The second-order valence-electron chi connectivity index (χ2n) is 9.35. The Kier molecular flexibility index (Phi) is 4.35. The van der Waals surface area contributed by atoms with Crippen molar-refractivity contribution in [3.05, 3.63) is 54.2 Å². The van der Waals surface area contributed by atoms with Gasteiger partial charge in [0.25, 0.3) is 5.91 Å². The Hall–Kier alpha value is -3.29. The summed E-state index contributed by atoms with van der Waals surface area (Å²) in [6, 6.07) is 5.67.